The molecule has 2 aliphatic rings. The Morgan fingerprint density at radius 3 is 2.81 bits per heavy atom. The second kappa shape index (κ2) is 6.17. The second-order valence-corrected chi connectivity index (χ2v) is 5.83. The molecule has 1 unspecified atom stereocenters. The Hall–Kier alpha value is -2.02. The average molecular weight is 285 g/mol. The van der Waals surface area contributed by atoms with Crippen LogP contribution in [0, 0.1) is 17.2 Å². The molecule has 4 nitrogen and oxygen atoms in total. The SMILES string of the molecule is N#CC(C(=O)CCC1CCCC1)c1ccc2c(c1)OCO2. The van der Waals surface area contributed by atoms with Crippen molar-refractivity contribution in [3.63, 3.8) is 0 Å². The van der Waals surface area contributed by atoms with Gasteiger partial charge < -0.3 is 9.47 Å². The molecule has 0 bridgehead atoms. The van der Waals surface area contributed by atoms with E-state index in [9.17, 15) is 10.1 Å². The van der Waals surface area contributed by atoms with Gasteiger partial charge in [-0.1, -0.05) is 31.7 Å². The van der Waals surface area contributed by atoms with E-state index in [2.05, 4.69) is 6.07 Å². The maximum Gasteiger partial charge on any atom is 0.231 e. The normalized spacial score (nSPS) is 18.4. The van der Waals surface area contributed by atoms with Crippen LogP contribution in [0.5, 0.6) is 11.5 Å². The van der Waals surface area contributed by atoms with Crippen molar-refractivity contribution in [1.29, 1.82) is 5.26 Å². The van der Waals surface area contributed by atoms with Crippen LogP contribution in [0.3, 0.4) is 0 Å². The molecule has 1 fully saturated rings. The predicted molar refractivity (Wildman–Crippen MR) is 77.1 cm³/mol. The number of nitriles is 1. The zero-order chi connectivity index (χ0) is 14.7. The molecule has 1 heterocycles. The third-order valence-corrected chi connectivity index (χ3v) is 4.45. The molecule has 0 N–H and O–H groups in total. The topological polar surface area (TPSA) is 59.3 Å². The summed E-state index contributed by atoms with van der Waals surface area (Å²) in [6.07, 6.45) is 6.44. The number of carbonyl (C=O) groups excluding carboxylic acids is 1. The van der Waals surface area contributed by atoms with E-state index in [4.69, 9.17) is 9.47 Å². The van der Waals surface area contributed by atoms with Crippen LogP contribution >= 0.6 is 0 Å². The second-order valence-electron chi connectivity index (χ2n) is 5.83. The molecule has 0 spiro atoms. The number of carbonyl (C=O) groups is 1. The molecule has 1 aromatic carbocycles. The van der Waals surface area contributed by atoms with Crippen molar-refractivity contribution in [1.82, 2.24) is 0 Å². The van der Waals surface area contributed by atoms with Gasteiger partial charge >= 0.3 is 0 Å². The molecular weight excluding hydrogens is 266 g/mol. The van der Waals surface area contributed by atoms with Crippen molar-refractivity contribution in [2.75, 3.05) is 6.79 Å². The quantitative estimate of drug-likeness (QED) is 0.830. The molecule has 0 saturated heterocycles. The highest BCUT2D eigenvalue weighted by Crippen LogP contribution is 2.35. The summed E-state index contributed by atoms with van der Waals surface area (Å²) in [7, 11) is 0. The molecule has 0 amide bonds. The Morgan fingerprint density at radius 1 is 1.29 bits per heavy atom. The van der Waals surface area contributed by atoms with Gasteiger partial charge in [0.05, 0.1) is 6.07 Å². The summed E-state index contributed by atoms with van der Waals surface area (Å²) in [6, 6.07) is 7.45. The van der Waals surface area contributed by atoms with Gasteiger partial charge in [-0.3, -0.25) is 4.79 Å². The van der Waals surface area contributed by atoms with E-state index in [1.54, 1.807) is 18.2 Å². The van der Waals surface area contributed by atoms with Crippen LogP contribution in [0.2, 0.25) is 0 Å². The third-order valence-electron chi connectivity index (χ3n) is 4.45. The Balaban J connectivity index is 1.66. The van der Waals surface area contributed by atoms with Crippen molar-refractivity contribution >= 4 is 5.78 Å². The fourth-order valence-electron chi connectivity index (χ4n) is 3.21. The summed E-state index contributed by atoms with van der Waals surface area (Å²) in [5.41, 5.74) is 0.707. The van der Waals surface area contributed by atoms with Crippen LogP contribution in [0.25, 0.3) is 0 Å². The van der Waals surface area contributed by atoms with Gasteiger partial charge in [0.1, 0.15) is 5.92 Å². The number of hydrogen-bond donors (Lipinski definition) is 0. The lowest BCUT2D eigenvalue weighted by Gasteiger charge is -2.12. The van der Waals surface area contributed by atoms with Crippen LogP contribution in [-0.4, -0.2) is 12.6 Å². The van der Waals surface area contributed by atoms with E-state index < -0.39 is 5.92 Å². The summed E-state index contributed by atoms with van der Waals surface area (Å²) in [5.74, 6) is 1.29. The van der Waals surface area contributed by atoms with Crippen LogP contribution < -0.4 is 9.47 Å². The van der Waals surface area contributed by atoms with E-state index in [-0.39, 0.29) is 12.6 Å². The molecule has 1 aromatic rings. The minimum Gasteiger partial charge on any atom is -0.454 e. The zero-order valence-corrected chi connectivity index (χ0v) is 12.0. The summed E-state index contributed by atoms with van der Waals surface area (Å²) >= 11 is 0. The summed E-state index contributed by atoms with van der Waals surface area (Å²) in [6.45, 7) is 0.200. The maximum atomic E-state index is 12.3. The van der Waals surface area contributed by atoms with Gasteiger partial charge in [0, 0.05) is 6.42 Å². The number of benzene rings is 1. The van der Waals surface area contributed by atoms with Gasteiger partial charge in [0.2, 0.25) is 6.79 Å². The Morgan fingerprint density at radius 2 is 2.05 bits per heavy atom. The van der Waals surface area contributed by atoms with Gasteiger partial charge in [0.25, 0.3) is 0 Å². The van der Waals surface area contributed by atoms with E-state index in [1.807, 2.05) is 0 Å². The minimum absolute atomic E-state index is 0.0169. The first-order chi connectivity index (χ1) is 10.3. The van der Waals surface area contributed by atoms with Crippen LogP contribution in [0.1, 0.15) is 50.0 Å². The lowest BCUT2D eigenvalue weighted by Crippen LogP contribution is -2.12. The molecule has 1 saturated carbocycles. The minimum atomic E-state index is -0.694. The van der Waals surface area contributed by atoms with Crippen LogP contribution in [-0.2, 0) is 4.79 Å². The van der Waals surface area contributed by atoms with E-state index in [0.717, 1.165) is 6.42 Å². The molecule has 1 aliphatic heterocycles. The summed E-state index contributed by atoms with van der Waals surface area (Å²) < 4.78 is 10.6. The monoisotopic (exact) mass is 285 g/mol. The molecular formula is C17H19NO3. The molecule has 1 atom stereocenters. The number of ether oxygens (including phenoxy) is 2. The molecule has 0 aromatic heterocycles. The highest BCUT2D eigenvalue weighted by molar-refractivity contribution is 5.88. The predicted octanol–water partition coefficient (Wildman–Crippen LogP) is 3.56. The molecule has 110 valence electrons. The first-order valence-electron chi connectivity index (χ1n) is 7.60. The Kier molecular flexibility index (Phi) is 4.10. The highest BCUT2D eigenvalue weighted by Gasteiger charge is 2.24. The van der Waals surface area contributed by atoms with Crippen molar-refractivity contribution in [3.05, 3.63) is 23.8 Å². The van der Waals surface area contributed by atoms with E-state index >= 15 is 0 Å². The van der Waals surface area contributed by atoms with E-state index in [0.29, 0.717) is 29.4 Å². The van der Waals surface area contributed by atoms with Gasteiger partial charge in [0.15, 0.2) is 17.3 Å². The average Bonchev–Trinajstić information content (AvgIpc) is 3.16. The molecule has 4 heteroatoms. The van der Waals surface area contributed by atoms with Crippen molar-refractivity contribution in [3.8, 4) is 17.6 Å². The largest absolute Gasteiger partial charge is 0.454 e. The Labute approximate surface area is 124 Å². The maximum absolute atomic E-state index is 12.3. The Bertz CT molecular complexity index is 570. The number of Topliss-reactive ketones (excluding diaryl/α,β-unsaturated/α-hetero) is 1. The number of fused-ring (bicyclic) bond motifs is 1. The molecule has 3 rings (SSSR count). The first-order valence-corrected chi connectivity index (χ1v) is 7.60. The molecule has 1 aliphatic carbocycles. The van der Waals surface area contributed by atoms with Gasteiger partial charge in [-0.2, -0.15) is 5.26 Å². The highest BCUT2D eigenvalue weighted by atomic mass is 16.7. The smallest absolute Gasteiger partial charge is 0.231 e. The molecule has 0 radical (unpaired) electrons. The van der Waals surface area contributed by atoms with Crippen molar-refractivity contribution in [2.45, 2.75) is 44.4 Å². The number of hydrogen-bond acceptors (Lipinski definition) is 4. The molecule has 21 heavy (non-hydrogen) atoms. The van der Waals surface area contributed by atoms with E-state index in [1.165, 1.54) is 25.7 Å². The number of rotatable bonds is 5. The van der Waals surface area contributed by atoms with Crippen LogP contribution in [0.4, 0.5) is 0 Å². The fraction of sp³-hybridized carbons (Fsp3) is 0.529. The zero-order valence-electron chi connectivity index (χ0n) is 12.0. The van der Waals surface area contributed by atoms with Crippen molar-refractivity contribution in [2.24, 2.45) is 5.92 Å². The standard InChI is InChI=1S/C17H19NO3/c18-10-14(15(19)7-5-12-3-1-2-4-12)13-6-8-16-17(9-13)21-11-20-16/h6,8-9,12,14H,1-5,7,11H2. The lowest BCUT2D eigenvalue weighted by molar-refractivity contribution is -0.119. The summed E-state index contributed by atoms with van der Waals surface area (Å²) in [4.78, 5) is 12.3. The van der Waals surface area contributed by atoms with Gasteiger partial charge in [-0.05, 0) is 30.0 Å². The van der Waals surface area contributed by atoms with Gasteiger partial charge in [-0.25, -0.2) is 0 Å². The van der Waals surface area contributed by atoms with Crippen molar-refractivity contribution < 1.29 is 14.3 Å². The van der Waals surface area contributed by atoms with Crippen LogP contribution in [0.15, 0.2) is 18.2 Å². The third kappa shape index (κ3) is 3.02. The van der Waals surface area contributed by atoms with Gasteiger partial charge in [-0.15, -0.1) is 0 Å². The number of nitrogens with zero attached hydrogens (tertiary/aromatic N) is 1. The lowest BCUT2D eigenvalue weighted by atomic mass is 9.90. The first kappa shape index (κ1) is 13.9. The summed E-state index contributed by atoms with van der Waals surface area (Å²) in [5, 5.41) is 9.35. The fourth-order valence-corrected chi connectivity index (χ4v) is 3.21. The number of ketones is 1.